The molecule has 4 aromatic heterocycles. The van der Waals surface area contributed by atoms with Crippen molar-refractivity contribution in [2.75, 3.05) is 0 Å². The van der Waals surface area contributed by atoms with E-state index in [-0.39, 0.29) is 0 Å². The number of benzene rings is 8. The highest BCUT2D eigenvalue weighted by Crippen LogP contribution is 2.44. The highest BCUT2D eigenvalue weighted by molar-refractivity contribution is 6.24. The Kier molecular flexibility index (Phi) is 6.86. The minimum Gasteiger partial charge on any atom is -0.456 e. The van der Waals surface area contributed by atoms with E-state index in [0.717, 1.165) is 72.4 Å². The summed E-state index contributed by atoms with van der Waals surface area (Å²) in [5, 5.41) is 6.92. The van der Waals surface area contributed by atoms with Crippen LogP contribution in [0, 0.1) is 0 Å². The lowest BCUT2D eigenvalue weighted by Gasteiger charge is -2.13. The van der Waals surface area contributed by atoms with Gasteiger partial charge in [-0.05, 0) is 60.7 Å². The standard InChI is InChI=1S/C52H32N4O/c1-4-15-33(16-5-1)42-32-43(54-52(53-42)34-17-6-2-7-18-34)35-27-30-47-41(31-35)49-46(25-14-26-48(49)57-47)56-45-24-13-11-22-38(45)40-29-28-39-37-21-10-12-23-44(37)55(50(39)51(40)56)36-19-8-3-9-20-36/h1-32H. The first-order valence-corrected chi connectivity index (χ1v) is 19.3. The number of para-hydroxylation sites is 3. The van der Waals surface area contributed by atoms with Gasteiger partial charge in [-0.1, -0.05) is 133 Å². The molecule has 0 amide bonds. The van der Waals surface area contributed by atoms with E-state index in [1.165, 1.54) is 32.6 Å². The van der Waals surface area contributed by atoms with Gasteiger partial charge in [0.25, 0.3) is 0 Å². The second-order valence-corrected chi connectivity index (χ2v) is 14.6. The summed E-state index contributed by atoms with van der Waals surface area (Å²) in [6.45, 7) is 0. The molecule has 0 aliphatic rings. The first kappa shape index (κ1) is 31.6. The van der Waals surface area contributed by atoms with E-state index in [1.54, 1.807) is 0 Å². The molecule has 0 saturated heterocycles. The number of nitrogens with zero attached hydrogens (tertiary/aromatic N) is 4. The molecule has 0 bridgehead atoms. The molecule has 5 heteroatoms. The van der Waals surface area contributed by atoms with E-state index in [2.05, 4.69) is 167 Å². The summed E-state index contributed by atoms with van der Waals surface area (Å²) in [4.78, 5) is 10.2. The molecule has 0 fully saturated rings. The molecule has 12 aromatic rings. The highest BCUT2D eigenvalue weighted by atomic mass is 16.3. The molecule has 5 nitrogen and oxygen atoms in total. The molecule has 0 spiro atoms. The van der Waals surface area contributed by atoms with Crippen LogP contribution < -0.4 is 0 Å². The molecule has 266 valence electrons. The van der Waals surface area contributed by atoms with Crippen molar-refractivity contribution in [2.45, 2.75) is 0 Å². The Morgan fingerprint density at radius 3 is 1.65 bits per heavy atom. The average Bonchev–Trinajstić information content (AvgIpc) is 3.95. The molecule has 0 aliphatic carbocycles. The Morgan fingerprint density at radius 1 is 0.368 bits per heavy atom. The third-order valence-corrected chi connectivity index (χ3v) is 11.3. The number of aromatic nitrogens is 4. The number of hydrogen-bond donors (Lipinski definition) is 0. The number of fused-ring (bicyclic) bond motifs is 10. The van der Waals surface area contributed by atoms with Crippen LogP contribution in [0.1, 0.15) is 0 Å². The van der Waals surface area contributed by atoms with E-state index in [4.69, 9.17) is 14.4 Å². The Bertz CT molecular complexity index is 3450. The van der Waals surface area contributed by atoms with Crippen molar-refractivity contribution >= 4 is 65.6 Å². The molecule has 0 atom stereocenters. The Balaban J connectivity index is 1.16. The minimum atomic E-state index is 0.688. The third kappa shape index (κ3) is 4.82. The molecular weight excluding hydrogens is 697 g/mol. The van der Waals surface area contributed by atoms with E-state index in [9.17, 15) is 0 Å². The quantitative estimate of drug-likeness (QED) is 0.177. The predicted octanol–water partition coefficient (Wildman–Crippen LogP) is 13.6. The van der Waals surface area contributed by atoms with Crippen LogP contribution in [-0.2, 0) is 0 Å². The van der Waals surface area contributed by atoms with E-state index >= 15 is 0 Å². The molecule has 0 aliphatic heterocycles. The predicted molar refractivity (Wildman–Crippen MR) is 234 cm³/mol. The van der Waals surface area contributed by atoms with Gasteiger partial charge >= 0.3 is 0 Å². The Morgan fingerprint density at radius 2 is 0.947 bits per heavy atom. The van der Waals surface area contributed by atoms with Crippen LogP contribution in [0.15, 0.2) is 199 Å². The molecule has 0 unspecified atom stereocenters. The number of rotatable bonds is 5. The van der Waals surface area contributed by atoms with Gasteiger partial charge in [0.1, 0.15) is 11.2 Å². The summed E-state index contributed by atoms with van der Waals surface area (Å²) in [5.41, 5.74) is 13.2. The zero-order valence-corrected chi connectivity index (χ0v) is 30.7. The summed E-state index contributed by atoms with van der Waals surface area (Å²) >= 11 is 0. The van der Waals surface area contributed by atoms with Gasteiger partial charge < -0.3 is 13.6 Å². The lowest BCUT2D eigenvalue weighted by atomic mass is 10.0. The summed E-state index contributed by atoms with van der Waals surface area (Å²) in [6, 6.07) is 68.2. The fraction of sp³-hybridized carbons (Fsp3) is 0. The topological polar surface area (TPSA) is 48.8 Å². The van der Waals surface area contributed by atoms with Gasteiger partial charge in [0.15, 0.2) is 5.82 Å². The Hall–Kier alpha value is -7.76. The van der Waals surface area contributed by atoms with Gasteiger partial charge in [-0.15, -0.1) is 0 Å². The van der Waals surface area contributed by atoms with Crippen molar-refractivity contribution in [1.29, 1.82) is 0 Å². The summed E-state index contributed by atoms with van der Waals surface area (Å²) < 4.78 is 11.6. The molecule has 8 aromatic carbocycles. The van der Waals surface area contributed by atoms with Gasteiger partial charge in [-0.2, -0.15) is 0 Å². The first-order chi connectivity index (χ1) is 28.3. The van der Waals surface area contributed by atoms with Gasteiger partial charge in [0.05, 0.1) is 44.5 Å². The first-order valence-electron chi connectivity index (χ1n) is 19.3. The number of hydrogen-bond acceptors (Lipinski definition) is 3. The fourth-order valence-corrected chi connectivity index (χ4v) is 8.82. The molecule has 0 N–H and O–H groups in total. The lowest BCUT2D eigenvalue weighted by molar-refractivity contribution is 0.669. The van der Waals surface area contributed by atoms with E-state index in [0.29, 0.717) is 5.82 Å². The lowest BCUT2D eigenvalue weighted by Crippen LogP contribution is -1.99. The van der Waals surface area contributed by atoms with Crippen LogP contribution in [0.4, 0.5) is 0 Å². The van der Waals surface area contributed by atoms with E-state index < -0.39 is 0 Å². The highest BCUT2D eigenvalue weighted by Gasteiger charge is 2.23. The minimum absolute atomic E-state index is 0.688. The van der Waals surface area contributed by atoms with Crippen LogP contribution in [0.25, 0.3) is 111 Å². The zero-order chi connectivity index (χ0) is 37.5. The van der Waals surface area contributed by atoms with Crippen molar-refractivity contribution in [1.82, 2.24) is 19.1 Å². The zero-order valence-electron chi connectivity index (χ0n) is 30.7. The van der Waals surface area contributed by atoms with Crippen molar-refractivity contribution in [3.8, 4) is 45.3 Å². The van der Waals surface area contributed by atoms with Crippen LogP contribution >= 0.6 is 0 Å². The summed E-state index contributed by atoms with van der Waals surface area (Å²) in [6.07, 6.45) is 0. The van der Waals surface area contributed by atoms with Gasteiger partial charge in [-0.3, -0.25) is 0 Å². The average molecular weight is 729 g/mol. The maximum Gasteiger partial charge on any atom is 0.160 e. The Labute approximate surface area is 327 Å². The SMILES string of the molecule is c1ccc(-c2cc(-c3ccc4oc5cccc(-n6c7ccccc7c7ccc8c9ccccc9n(-c9ccccc9)c8c76)c5c4c3)nc(-c3ccccc3)n2)cc1. The van der Waals surface area contributed by atoms with Crippen molar-refractivity contribution in [2.24, 2.45) is 0 Å². The number of furan rings is 1. The molecule has 4 heterocycles. The van der Waals surface area contributed by atoms with Crippen LogP contribution in [-0.4, -0.2) is 19.1 Å². The van der Waals surface area contributed by atoms with E-state index in [1.807, 2.05) is 36.4 Å². The second-order valence-electron chi connectivity index (χ2n) is 14.6. The van der Waals surface area contributed by atoms with Gasteiger partial charge in [0.2, 0.25) is 0 Å². The third-order valence-electron chi connectivity index (χ3n) is 11.3. The molecule has 57 heavy (non-hydrogen) atoms. The smallest absolute Gasteiger partial charge is 0.160 e. The maximum absolute atomic E-state index is 6.67. The molecule has 0 radical (unpaired) electrons. The monoisotopic (exact) mass is 728 g/mol. The summed E-state index contributed by atoms with van der Waals surface area (Å²) in [5.74, 6) is 0.688. The largest absolute Gasteiger partial charge is 0.456 e. The van der Waals surface area contributed by atoms with Crippen LogP contribution in [0.3, 0.4) is 0 Å². The molecular formula is C52H32N4O. The van der Waals surface area contributed by atoms with Crippen LogP contribution in [0.5, 0.6) is 0 Å². The summed E-state index contributed by atoms with van der Waals surface area (Å²) in [7, 11) is 0. The molecule has 0 saturated carbocycles. The van der Waals surface area contributed by atoms with Crippen molar-refractivity contribution < 1.29 is 4.42 Å². The fourth-order valence-electron chi connectivity index (χ4n) is 8.82. The van der Waals surface area contributed by atoms with Crippen molar-refractivity contribution in [3.05, 3.63) is 194 Å². The molecule has 12 rings (SSSR count). The van der Waals surface area contributed by atoms with Crippen LogP contribution in [0.2, 0.25) is 0 Å². The maximum atomic E-state index is 6.67. The van der Waals surface area contributed by atoms with Gasteiger partial charge in [0, 0.05) is 49.3 Å². The second kappa shape index (κ2) is 12.4. The van der Waals surface area contributed by atoms with Gasteiger partial charge in [-0.25, -0.2) is 9.97 Å². The normalized spacial score (nSPS) is 11.9. The van der Waals surface area contributed by atoms with Crippen molar-refractivity contribution in [3.63, 3.8) is 0 Å².